The van der Waals surface area contributed by atoms with Gasteiger partial charge in [-0.2, -0.15) is 18.3 Å². The number of carbonyl (C=O) groups excluding carboxylic acids is 4. The summed E-state index contributed by atoms with van der Waals surface area (Å²) in [7, 11) is 0. The highest BCUT2D eigenvalue weighted by atomic mass is 79.9. The maximum Gasteiger partial charge on any atom is 0.397 e. The normalized spacial score (nSPS) is 17.5. The lowest BCUT2D eigenvalue weighted by molar-refractivity contribution is -0.153. The number of hydrogen-bond donors (Lipinski definition) is 2. The first kappa shape index (κ1) is 36.3. The molecule has 1 saturated heterocycles. The van der Waals surface area contributed by atoms with Crippen LogP contribution in [0.5, 0.6) is 0 Å². The molecule has 0 aliphatic carbocycles. The van der Waals surface area contributed by atoms with Crippen molar-refractivity contribution in [3.8, 4) is 11.1 Å². The zero-order chi connectivity index (χ0) is 36.5. The molecule has 50 heavy (non-hydrogen) atoms. The van der Waals surface area contributed by atoms with Crippen molar-refractivity contribution < 1.29 is 32.3 Å². The Balaban J connectivity index is 1.50. The molecule has 1 aliphatic heterocycles. The fraction of sp³-hybridized carbons (Fsp3) is 0.353. The van der Waals surface area contributed by atoms with E-state index in [-0.39, 0.29) is 36.8 Å². The molecule has 0 unspecified atom stereocenters. The van der Waals surface area contributed by atoms with E-state index in [1.54, 1.807) is 44.4 Å². The second-order valence-corrected chi connectivity index (χ2v) is 13.0. The van der Waals surface area contributed by atoms with Crippen LogP contribution in [-0.4, -0.2) is 77.9 Å². The van der Waals surface area contributed by atoms with Crippen molar-refractivity contribution in [3.05, 3.63) is 76.6 Å². The average molecular weight is 756 g/mol. The van der Waals surface area contributed by atoms with Crippen LogP contribution in [-0.2, 0) is 20.9 Å². The third kappa shape index (κ3) is 7.90. The summed E-state index contributed by atoms with van der Waals surface area (Å²) >= 11 is 3.28. The molecule has 2 N–H and O–H groups in total. The van der Waals surface area contributed by atoms with Crippen LogP contribution in [0.25, 0.3) is 22.0 Å². The van der Waals surface area contributed by atoms with E-state index in [0.29, 0.717) is 32.5 Å². The van der Waals surface area contributed by atoms with Gasteiger partial charge in [-0.3, -0.25) is 23.9 Å². The summed E-state index contributed by atoms with van der Waals surface area (Å²) in [5.74, 6) is -2.50. The number of amides is 3. The van der Waals surface area contributed by atoms with Gasteiger partial charge < -0.3 is 15.5 Å². The molecule has 0 saturated carbocycles. The summed E-state index contributed by atoms with van der Waals surface area (Å²) in [4.78, 5) is 67.1. The molecular formula is C34H34BrF3N8O4. The van der Waals surface area contributed by atoms with Crippen LogP contribution in [0.3, 0.4) is 0 Å². The Hall–Kier alpha value is -4.99. The van der Waals surface area contributed by atoms with Gasteiger partial charge >= 0.3 is 6.18 Å². The van der Waals surface area contributed by atoms with Gasteiger partial charge in [0.25, 0.3) is 0 Å². The van der Waals surface area contributed by atoms with Crippen molar-refractivity contribution in [3.63, 3.8) is 0 Å². The molecule has 12 nitrogen and oxygen atoms in total. The number of rotatable bonds is 10. The summed E-state index contributed by atoms with van der Waals surface area (Å²) < 4.78 is 40.4. The highest BCUT2D eigenvalue weighted by Crippen LogP contribution is 2.34. The number of likely N-dealkylation sites (tertiary alicyclic amines) is 1. The van der Waals surface area contributed by atoms with Crippen LogP contribution < -0.4 is 10.6 Å². The van der Waals surface area contributed by atoms with E-state index in [2.05, 4.69) is 53.2 Å². The lowest BCUT2D eigenvalue weighted by Crippen LogP contribution is -2.48. The first-order chi connectivity index (χ1) is 23.6. The number of anilines is 1. The number of hydrogen-bond acceptors (Lipinski definition) is 8. The van der Waals surface area contributed by atoms with E-state index in [1.165, 1.54) is 22.6 Å². The highest BCUT2D eigenvalue weighted by molar-refractivity contribution is 9.10. The van der Waals surface area contributed by atoms with Crippen LogP contribution in [0, 0.1) is 26.7 Å². The largest absolute Gasteiger partial charge is 0.397 e. The van der Waals surface area contributed by atoms with Gasteiger partial charge in [0.1, 0.15) is 40.9 Å². The molecule has 0 spiro atoms. The molecule has 0 radical (unpaired) electrons. The summed E-state index contributed by atoms with van der Waals surface area (Å²) in [5.41, 5.74) is 3.51. The molecule has 1 fully saturated rings. The van der Waals surface area contributed by atoms with Crippen molar-refractivity contribution in [2.24, 2.45) is 5.92 Å². The smallest absolute Gasteiger partial charge is 0.355 e. The summed E-state index contributed by atoms with van der Waals surface area (Å²) in [5, 5.41) is 10.1. The van der Waals surface area contributed by atoms with E-state index in [0.717, 1.165) is 11.1 Å². The van der Waals surface area contributed by atoms with Gasteiger partial charge in [0, 0.05) is 42.7 Å². The minimum atomic E-state index is -4.70. The van der Waals surface area contributed by atoms with E-state index >= 15 is 0 Å². The van der Waals surface area contributed by atoms with E-state index in [4.69, 9.17) is 0 Å². The molecule has 1 aromatic carbocycles. The molecule has 5 rings (SSSR count). The Labute approximate surface area is 293 Å². The number of carbonyl (C=O) groups is 4. The standard InChI is InChI=1S/C34H34BrF3N8O4/c1-6-25-22(13-41-28(48)12-34(36,37)38)11-26(33(50)43-32-17(2)7-8-27(35)42-32)46(25)29(49)16-45-31-18(3)9-21(23-14-39-20(5)40-15-23)10-24(31)30(44-45)19(4)47/h6-10,14-15,22,25-26H,1,11-13,16H2,2-5H3,(H,41,48)(H,42,43,50)/t22-,25-,26+/m1/s1. The number of nitrogens with one attached hydrogen (secondary N) is 2. The van der Waals surface area contributed by atoms with E-state index in [1.807, 2.05) is 13.0 Å². The molecule has 3 atom stereocenters. The Morgan fingerprint density at radius 3 is 2.40 bits per heavy atom. The fourth-order valence-electron chi connectivity index (χ4n) is 6.20. The van der Waals surface area contributed by atoms with E-state index < -0.39 is 48.3 Å². The van der Waals surface area contributed by atoms with Gasteiger partial charge in [-0.05, 0) is 78.0 Å². The van der Waals surface area contributed by atoms with Gasteiger partial charge in [-0.1, -0.05) is 12.1 Å². The molecule has 262 valence electrons. The first-order valence-corrected chi connectivity index (χ1v) is 16.4. The number of ketones is 1. The number of alkyl halides is 3. The monoisotopic (exact) mass is 754 g/mol. The second-order valence-electron chi connectivity index (χ2n) is 12.2. The molecule has 4 aromatic rings. The molecule has 3 aromatic heterocycles. The van der Waals surface area contributed by atoms with Crippen molar-refractivity contribution in [1.29, 1.82) is 0 Å². The van der Waals surface area contributed by atoms with Crippen LogP contribution >= 0.6 is 15.9 Å². The third-order valence-electron chi connectivity index (χ3n) is 8.49. The Bertz CT molecular complexity index is 2000. The summed E-state index contributed by atoms with van der Waals surface area (Å²) in [6.07, 6.45) is -1.58. The molecule has 4 heterocycles. The number of Topliss-reactive ketones (excluding diaryl/α,β-unsaturated/α-hetero) is 1. The Morgan fingerprint density at radius 1 is 1.06 bits per heavy atom. The third-order valence-corrected chi connectivity index (χ3v) is 8.93. The molecular weight excluding hydrogens is 721 g/mol. The fourth-order valence-corrected chi connectivity index (χ4v) is 6.51. The molecule has 3 amide bonds. The Kier molecular flexibility index (Phi) is 10.5. The predicted octanol–water partition coefficient (Wildman–Crippen LogP) is 5.26. The highest BCUT2D eigenvalue weighted by Gasteiger charge is 2.46. The van der Waals surface area contributed by atoms with Gasteiger partial charge in [0.2, 0.25) is 17.7 Å². The molecule has 0 bridgehead atoms. The minimum Gasteiger partial charge on any atom is -0.355 e. The topological polar surface area (TPSA) is 152 Å². The Morgan fingerprint density at radius 2 is 1.76 bits per heavy atom. The zero-order valence-corrected chi connectivity index (χ0v) is 29.2. The summed E-state index contributed by atoms with van der Waals surface area (Å²) in [6.45, 7) is 9.92. The predicted molar refractivity (Wildman–Crippen MR) is 182 cm³/mol. The second kappa shape index (κ2) is 14.5. The van der Waals surface area contributed by atoms with Crippen LogP contribution in [0.15, 0.2) is 53.9 Å². The number of benzene rings is 1. The lowest BCUT2D eigenvalue weighted by atomic mass is 9.98. The number of halogens is 4. The summed E-state index contributed by atoms with van der Waals surface area (Å²) in [6, 6.07) is 5.14. The maximum absolute atomic E-state index is 14.3. The SMILES string of the molecule is C=C[C@@H]1[C@@H](CNC(=O)CC(F)(F)F)C[C@@H](C(=O)Nc2nc(Br)ccc2C)N1C(=O)Cn1nc(C(C)=O)c2cc(-c3cnc(C)nc3)cc(C)c21. The number of nitrogens with zero attached hydrogens (tertiary/aromatic N) is 6. The van der Waals surface area contributed by atoms with Gasteiger partial charge in [-0.15, -0.1) is 6.58 Å². The van der Waals surface area contributed by atoms with Crippen LogP contribution in [0.4, 0.5) is 19.0 Å². The quantitative estimate of drug-likeness (QED) is 0.127. The number of aromatic nitrogens is 5. The van der Waals surface area contributed by atoms with Gasteiger partial charge in [0.15, 0.2) is 5.78 Å². The van der Waals surface area contributed by atoms with Crippen molar-refractivity contribution in [1.82, 2.24) is 34.9 Å². The average Bonchev–Trinajstić information content (AvgIpc) is 3.60. The zero-order valence-electron chi connectivity index (χ0n) is 27.6. The van der Waals surface area contributed by atoms with Gasteiger partial charge in [-0.25, -0.2) is 15.0 Å². The lowest BCUT2D eigenvalue weighted by Gasteiger charge is -2.29. The molecule has 16 heteroatoms. The van der Waals surface area contributed by atoms with E-state index in [9.17, 15) is 32.3 Å². The molecule has 1 aliphatic rings. The van der Waals surface area contributed by atoms with Crippen molar-refractivity contribution in [2.75, 3.05) is 11.9 Å². The van der Waals surface area contributed by atoms with Crippen LogP contribution in [0.2, 0.25) is 0 Å². The maximum atomic E-state index is 14.3. The van der Waals surface area contributed by atoms with Gasteiger partial charge in [0.05, 0.1) is 11.6 Å². The number of fused-ring (bicyclic) bond motifs is 1. The first-order valence-electron chi connectivity index (χ1n) is 15.6. The number of aryl methyl sites for hydroxylation is 3. The minimum absolute atomic E-state index is 0.00711. The van der Waals surface area contributed by atoms with Crippen LogP contribution in [0.1, 0.15) is 47.2 Å². The number of pyridine rings is 1. The van der Waals surface area contributed by atoms with Crippen molar-refractivity contribution >= 4 is 56.2 Å². The van der Waals surface area contributed by atoms with Crippen molar-refractivity contribution in [2.45, 2.75) is 65.3 Å².